The average molecular weight is 293 g/mol. The molecule has 1 aliphatic rings. The number of likely N-dealkylation sites (tertiary alicyclic amines) is 1. The molecule has 1 saturated heterocycles. The highest BCUT2D eigenvalue weighted by Crippen LogP contribution is 2.30. The first kappa shape index (κ1) is 15.2. The Labute approximate surface area is 122 Å². The third-order valence-electron chi connectivity index (χ3n) is 3.83. The van der Waals surface area contributed by atoms with Crippen LogP contribution in [-0.2, 0) is 0 Å². The van der Waals surface area contributed by atoms with Crippen LogP contribution in [0.5, 0.6) is 0 Å². The summed E-state index contributed by atoms with van der Waals surface area (Å²) in [6, 6.07) is 4.70. The van der Waals surface area contributed by atoms with E-state index in [4.69, 9.17) is 5.11 Å². The van der Waals surface area contributed by atoms with Gasteiger partial charge in [-0.05, 0) is 30.9 Å². The predicted octanol–water partition coefficient (Wildman–Crippen LogP) is 1.48. The first-order valence-corrected chi connectivity index (χ1v) is 6.93. The minimum Gasteiger partial charge on any atom is -0.396 e. The lowest BCUT2D eigenvalue weighted by Gasteiger charge is -2.17. The highest BCUT2D eigenvalue weighted by molar-refractivity contribution is 6.00. The Hall–Kier alpha value is -2.15. The van der Waals surface area contributed by atoms with Crippen LogP contribution in [0.3, 0.4) is 0 Å². The van der Waals surface area contributed by atoms with Crippen LogP contribution in [0.25, 0.3) is 0 Å². The van der Waals surface area contributed by atoms with E-state index in [1.165, 1.54) is 6.07 Å². The number of benzene rings is 1. The minimum atomic E-state index is -0.527. The molecule has 1 aromatic rings. The zero-order valence-electron chi connectivity index (χ0n) is 11.9. The summed E-state index contributed by atoms with van der Waals surface area (Å²) in [4.78, 5) is 24.9. The molecule has 0 aromatic heterocycles. The summed E-state index contributed by atoms with van der Waals surface area (Å²) >= 11 is 0. The second kappa shape index (κ2) is 6.53. The van der Waals surface area contributed by atoms with Crippen molar-refractivity contribution >= 4 is 17.3 Å². The van der Waals surface area contributed by atoms with E-state index in [2.05, 4.69) is 5.32 Å². The monoisotopic (exact) mass is 293 g/mol. The molecule has 7 nitrogen and oxygen atoms in total. The number of nitro benzene ring substituents is 1. The van der Waals surface area contributed by atoms with Crippen molar-refractivity contribution < 1.29 is 14.8 Å². The molecule has 2 N–H and O–H groups in total. The maximum atomic E-state index is 12.5. The van der Waals surface area contributed by atoms with Crippen molar-refractivity contribution in [1.29, 1.82) is 0 Å². The van der Waals surface area contributed by atoms with Gasteiger partial charge in [0.05, 0.1) is 4.92 Å². The summed E-state index contributed by atoms with van der Waals surface area (Å²) < 4.78 is 0. The van der Waals surface area contributed by atoms with Gasteiger partial charge in [-0.3, -0.25) is 14.9 Å². The van der Waals surface area contributed by atoms with Crippen molar-refractivity contribution in [1.82, 2.24) is 4.90 Å². The molecular weight excluding hydrogens is 274 g/mol. The molecule has 1 heterocycles. The fourth-order valence-electron chi connectivity index (χ4n) is 2.72. The van der Waals surface area contributed by atoms with Gasteiger partial charge in [0.2, 0.25) is 0 Å². The van der Waals surface area contributed by atoms with Gasteiger partial charge in [0, 0.05) is 26.7 Å². The number of carbonyl (C=O) groups excluding carboxylic acids is 1. The molecule has 0 spiro atoms. The van der Waals surface area contributed by atoms with Gasteiger partial charge in [-0.1, -0.05) is 6.07 Å². The average Bonchev–Trinajstić information content (AvgIpc) is 2.94. The second-order valence-corrected chi connectivity index (χ2v) is 5.13. The molecule has 1 aliphatic heterocycles. The van der Waals surface area contributed by atoms with Gasteiger partial charge in [-0.15, -0.1) is 0 Å². The third-order valence-corrected chi connectivity index (χ3v) is 3.83. The Morgan fingerprint density at radius 1 is 1.57 bits per heavy atom. The van der Waals surface area contributed by atoms with E-state index in [-0.39, 0.29) is 29.7 Å². The van der Waals surface area contributed by atoms with Crippen molar-refractivity contribution in [2.45, 2.75) is 12.8 Å². The normalized spacial score (nSPS) is 17.8. The molecule has 2 rings (SSSR count). The van der Waals surface area contributed by atoms with Gasteiger partial charge >= 0.3 is 5.69 Å². The van der Waals surface area contributed by atoms with Crippen LogP contribution in [0.2, 0.25) is 0 Å². The number of para-hydroxylation sites is 1. The number of aliphatic hydroxyl groups excluding tert-OH is 1. The highest BCUT2D eigenvalue weighted by atomic mass is 16.6. The number of nitrogens with one attached hydrogen (secondary N) is 1. The van der Waals surface area contributed by atoms with Crippen LogP contribution in [0.1, 0.15) is 23.2 Å². The van der Waals surface area contributed by atoms with E-state index in [1.54, 1.807) is 24.1 Å². The molecule has 21 heavy (non-hydrogen) atoms. The fraction of sp³-hybridized carbons (Fsp3) is 0.500. The molecule has 1 aromatic carbocycles. The lowest BCUT2D eigenvalue weighted by atomic mass is 10.1. The molecule has 0 aliphatic carbocycles. The van der Waals surface area contributed by atoms with Gasteiger partial charge in [-0.25, -0.2) is 0 Å². The Morgan fingerprint density at radius 3 is 2.95 bits per heavy atom. The van der Waals surface area contributed by atoms with Crippen molar-refractivity contribution in [3.8, 4) is 0 Å². The molecule has 7 heteroatoms. The Kier molecular flexibility index (Phi) is 4.74. The third kappa shape index (κ3) is 3.13. The predicted molar refractivity (Wildman–Crippen MR) is 78.4 cm³/mol. The number of aliphatic hydroxyl groups is 1. The number of carbonyl (C=O) groups is 1. The van der Waals surface area contributed by atoms with E-state index in [0.717, 1.165) is 6.42 Å². The summed E-state index contributed by atoms with van der Waals surface area (Å²) in [5.74, 6) is -0.0512. The second-order valence-electron chi connectivity index (χ2n) is 5.13. The molecular formula is C14H19N3O4. The van der Waals surface area contributed by atoms with Gasteiger partial charge in [0.15, 0.2) is 0 Å². The molecule has 0 radical (unpaired) electrons. The summed E-state index contributed by atoms with van der Waals surface area (Å²) in [7, 11) is 1.59. The largest absolute Gasteiger partial charge is 0.396 e. The van der Waals surface area contributed by atoms with Crippen LogP contribution in [0, 0.1) is 16.0 Å². The number of rotatable bonds is 5. The first-order valence-electron chi connectivity index (χ1n) is 6.93. The zero-order chi connectivity index (χ0) is 15.4. The molecule has 0 bridgehead atoms. The first-order chi connectivity index (χ1) is 10.1. The maximum Gasteiger partial charge on any atom is 0.305 e. The summed E-state index contributed by atoms with van der Waals surface area (Å²) in [5, 5.41) is 22.9. The SMILES string of the molecule is CNc1cccc(C(=O)N2CCC(CCO)C2)c1[N+](=O)[O-]. The molecule has 0 saturated carbocycles. The van der Waals surface area contributed by atoms with Gasteiger partial charge in [0.25, 0.3) is 5.91 Å². The standard InChI is InChI=1S/C14H19N3O4/c1-15-12-4-2-3-11(13(12)17(20)21)14(19)16-7-5-10(9-16)6-8-18/h2-4,10,15,18H,5-9H2,1H3. The van der Waals surface area contributed by atoms with Crippen molar-refractivity contribution in [2.24, 2.45) is 5.92 Å². The summed E-state index contributed by atoms with van der Waals surface area (Å²) in [6.45, 7) is 1.22. The number of hydrogen-bond acceptors (Lipinski definition) is 5. The fourth-order valence-corrected chi connectivity index (χ4v) is 2.72. The van der Waals surface area contributed by atoms with E-state index in [0.29, 0.717) is 25.2 Å². The number of hydrogen-bond donors (Lipinski definition) is 2. The molecule has 1 fully saturated rings. The molecule has 114 valence electrons. The Balaban J connectivity index is 2.26. The summed E-state index contributed by atoms with van der Waals surface area (Å²) in [5.41, 5.74) is 0.254. The topological polar surface area (TPSA) is 95.7 Å². The molecule has 1 atom stereocenters. The number of anilines is 1. The number of amides is 1. The quantitative estimate of drug-likeness (QED) is 0.633. The van der Waals surface area contributed by atoms with E-state index in [9.17, 15) is 14.9 Å². The maximum absolute atomic E-state index is 12.5. The zero-order valence-corrected chi connectivity index (χ0v) is 11.9. The van der Waals surface area contributed by atoms with Crippen LogP contribution in [-0.4, -0.2) is 47.6 Å². The van der Waals surface area contributed by atoms with Crippen LogP contribution >= 0.6 is 0 Å². The van der Waals surface area contributed by atoms with Crippen molar-refractivity contribution in [3.63, 3.8) is 0 Å². The van der Waals surface area contributed by atoms with Crippen molar-refractivity contribution in [3.05, 3.63) is 33.9 Å². The molecule has 1 unspecified atom stereocenters. The van der Waals surface area contributed by atoms with Gasteiger partial charge < -0.3 is 15.3 Å². The van der Waals surface area contributed by atoms with Crippen LogP contribution < -0.4 is 5.32 Å². The highest BCUT2D eigenvalue weighted by Gasteiger charge is 2.31. The van der Waals surface area contributed by atoms with Crippen LogP contribution in [0.4, 0.5) is 11.4 Å². The minimum absolute atomic E-state index is 0.0993. The lowest BCUT2D eigenvalue weighted by molar-refractivity contribution is -0.384. The van der Waals surface area contributed by atoms with Gasteiger partial charge in [0.1, 0.15) is 11.3 Å². The molecule has 1 amide bonds. The Bertz CT molecular complexity index is 547. The Morgan fingerprint density at radius 2 is 2.33 bits per heavy atom. The van der Waals surface area contributed by atoms with E-state index in [1.807, 2.05) is 0 Å². The number of nitro groups is 1. The lowest BCUT2D eigenvalue weighted by Crippen LogP contribution is -2.29. The van der Waals surface area contributed by atoms with E-state index < -0.39 is 4.92 Å². The van der Waals surface area contributed by atoms with Gasteiger partial charge in [-0.2, -0.15) is 0 Å². The van der Waals surface area contributed by atoms with E-state index >= 15 is 0 Å². The smallest absolute Gasteiger partial charge is 0.305 e. The van der Waals surface area contributed by atoms with Crippen molar-refractivity contribution in [2.75, 3.05) is 32.1 Å². The summed E-state index contributed by atoms with van der Waals surface area (Å²) in [6.07, 6.45) is 1.48. The van der Waals surface area contributed by atoms with Crippen LogP contribution in [0.15, 0.2) is 18.2 Å². The number of nitrogens with zero attached hydrogens (tertiary/aromatic N) is 2.